The molecule has 0 atom stereocenters. The predicted molar refractivity (Wildman–Crippen MR) is 79.7 cm³/mol. The van der Waals surface area contributed by atoms with Crippen LogP contribution in [-0.4, -0.2) is 25.0 Å². The Balaban J connectivity index is 1.81. The summed E-state index contributed by atoms with van der Waals surface area (Å²) in [7, 11) is 0. The number of thioether (sulfide) groups is 1. The molecule has 0 aliphatic carbocycles. The number of aryl methyl sites for hydroxylation is 2. The van der Waals surface area contributed by atoms with Crippen LogP contribution < -0.4 is 0 Å². The van der Waals surface area contributed by atoms with Gasteiger partial charge in [-0.25, -0.2) is 0 Å². The first-order chi connectivity index (χ1) is 10.1. The molecule has 21 heavy (non-hydrogen) atoms. The van der Waals surface area contributed by atoms with Crippen LogP contribution in [0.3, 0.4) is 0 Å². The van der Waals surface area contributed by atoms with E-state index >= 15 is 0 Å². The first-order valence-electron chi connectivity index (χ1n) is 6.22. The smallest absolute Gasteiger partial charge is 0.226 e. The van der Waals surface area contributed by atoms with Crippen LogP contribution in [0.15, 0.2) is 34.1 Å². The van der Waals surface area contributed by atoms with Crippen molar-refractivity contribution < 1.29 is 4.42 Å². The maximum absolute atomic E-state index is 6.16. The van der Waals surface area contributed by atoms with E-state index in [2.05, 4.69) is 20.4 Å². The highest BCUT2D eigenvalue weighted by Crippen LogP contribution is 2.25. The molecule has 0 amide bonds. The van der Waals surface area contributed by atoms with Crippen LogP contribution in [0.4, 0.5) is 0 Å². The molecule has 2 heterocycles. The zero-order valence-corrected chi connectivity index (χ0v) is 13.0. The number of hydrogen-bond donors (Lipinski definition) is 0. The van der Waals surface area contributed by atoms with Crippen molar-refractivity contribution in [2.45, 2.75) is 24.8 Å². The average Bonchev–Trinajstić information content (AvgIpc) is 3.08. The molecule has 0 saturated carbocycles. The van der Waals surface area contributed by atoms with E-state index in [9.17, 15) is 0 Å². The van der Waals surface area contributed by atoms with E-state index in [0.717, 1.165) is 16.4 Å². The van der Waals surface area contributed by atoms with Gasteiger partial charge in [-0.1, -0.05) is 29.4 Å². The van der Waals surface area contributed by atoms with E-state index in [1.165, 1.54) is 11.8 Å². The summed E-state index contributed by atoms with van der Waals surface area (Å²) < 4.78 is 7.21. The van der Waals surface area contributed by atoms with Gasteiger partial charge in [-0.15, -0.1) is 20.4 Å². The largest absolute Gasteiger partial charge is 0.425 e. The molecule has 8 heteroatoms. The molecule has 2 aromatic heterocycles. The van der Waals surface area contributed by atoms with E-state index in [1.807, 2.05) is 29.7 Å². The summed E-state index contributed by atoms with van der Waals surface area (Å²) in [6, 6.07) is 5.83. The highest BCUT2D eigenvalue weighted by atomic mass is 35.5. The second kappa shape index (κ2) is 5.87. The lowest BCUT2D eigenvalue weighted by Crippen LogP contribution is -1.96. The second-order valence-electron chi connectivity index (χ2n) is 4.42. The molecule has 0 radical (unpaired) electrons. The van der Waals surface area contributed by atoms with Crippen LogP contribution in [0.25, 0.3) is 5.69 Å². The lowest BCUT2D eigenvalue weighted by molar-refractivity contribution is 0.485. The predicted octanol–water partition coefficient (Wildman–Crippen LogP) is 3.21. The standard InChI is InChI=1S/C13H12ClN5OS/c1-8-3-4-10(5-11(8)14)19-7-15-18-13(19)21-6-12-17-16-9(2)20-12/h3-5,7H,6H2,1-2H3. The normalized spacial score (nSPS) is 11.0. The molecule has 108 valence electrons. The summed E-state index contributed by atoms with van der Waals surface area (Å²) in [5.74, 6) is 1.66. The molecular weight excluding hydrogens is 310 g/mol. The van der Waals surface area contributed by atoms with Crippen LogP contribution in [-0.2, 0) is 5.75 Å². The number of hydrogen-bond acceptors (Lipinski definition) is 6. The van der Waals surface area contributed by atoms with E-state index in [4.69, 9.17) is 16.0 Å². The minimum atomic E-state index is 0.541. The number of nitrogens with zero attached hydrogens (tertiary/aromatic N) is 5. The molecule has 0 fully saturated rings. The second-order valence-corrected chi connectivity index (χ2v) is 5.77. The summed E-state index contributed by atoms with van der Waals surface area (Å²) in [5.41, 5.74) is 1.95. The molecule has 0 unspecified atom stereocenters. The summed E-state index contributed by atoms with van der Waals surface area (Å²) in [6.45, 7) is 3.73. The molecule has 1 aromatic carbocycles. The van der Waals surface area contributed by atoms with Gasteiger partial charge in [0.05, 0.1) is 11.4 Å². The van der Waals surface area contributed by atoms with Crippen molar-refractivity contribution in [2.75, 3.05) is 0 Å². The van der Waals surface area contributed by atoms with Crippen molar-refractivity contribution in [2.24, 2.45) is 0 Å². The average molecular weight is 322 g/mol. The Morgan fingerprint density at radius 2 is 2.10 bits per heavy atom. The van der Waals surface area contributed by atoms with Gasteiger partial charge >= 0.3 is 0 Å². The third kappa shape index (κ3) is 3.08. The molecule has 0 saturated heterocycles. The Hall–Kier alpha value is -1.86. The quantitative estimate of drug-likeness (QED) is 0.687. The molecule has 0 spiro atoms. The van der Waals surface area contributed by atoms with Crippen molar-refractivity contribution in [1.29, 1.82) is 0 Å². The highest BCUT2D eigenvalue weighted by Gasteiger charge is 2.11. The number of rotatable bonds is 4. The van der Waals surface area contributed by atoms with Crippen molar-refractivity contribution in [3.63, 3.8) is 0 Å². The molecule has 3 aromatic rings. The molecule has 0 bridgehead atoms. The van der Waals surface area contributed by atoms with Crippen LogP contribution in [0.5, 0.6) is 0 Å². The van der Waals surface area contributed by atoms with E-state index < -0.39 is 0 Å². The third-order valence-electron chi connectivity index (χ3n) is 2.84. The Morgan fingerprint density at radius 3 is 2.81 bits per heavy atom. The van der Waals surface area contributed by atoms with Crippen molar-refractivity contribution in [3.8, 4) is 5.69 Å². The molecule has 0 aliphatic heterocycles. The maximum atomic E-state index is 6.16. The summed E-state index contributed by atoms with van der Waals surface area (Å²) in [4.78, 5) is 0. The van der Waals surface area contributed by atoms with Gasteiger partial charge in [-0.05, 0) is 24.6 Å². The topological polar surface area (TPSA) is 69.6 Å². The van der Waals surface area contributed by atoms with Crippen LogP contribution in [0, 0.1) is 13.8 Å². The van der Waals surface area contributed by atoms with Crippen LogP contribution in [0.2, 0.25) is 5.02 Å². The van der Waals surface area contributed by atoms with Gasteiger partial charge in [-0.3, -0.25) is 4.57 Å². The summed E-state index contributed by atoms with van der Waals surface area (Å²) in [5, 5.41) is 17.3. The zero-order chi connectivity index (χ0) is 14.8. The molecule has 3 rings (SSSR count). The Morgan fingerprint density at radius 1 is 1.24 bits per heavy atom. The van der Waals surface area contributed by atoms with Gasteiger partial charge in [0, 0.05) is 11.9 Å². The van der Waals surface area contributed by atoms with Gasteiger partial charge < -0.3 is 4.42 Å². The van der Waals surface area contributed by atoms with Gasteiger partial charge in [0.2, 0.25) is 11.8 Å². The SMILES string of the molecule is Cc1nnc(CSc2nncn2-c2ccc(C)c(Cl)c2)o1. The zero-order valence-electron chi connectivity index (χ0n) is 11.4. The summed E-state index contributed by atoms with van der Waals surface area (Å²) in [6.07, 6.45) is 1.66. The Bertz CT molecular complexity index is 770. The lowest BCUT2D eigenvalue weighted by Gasteiger charge is -2.07. The van der Waals surface area contributed by atoms with E-state index in [-0.39, 0.29) is 0 Å². The molecular formula is C13H12ClN5OS. The van der Waals surface area contributed by atoms with Gasteiger partial charge in [0.15, 0.2) is 5.16 Å². The lowest BCUT2D eigenvalue weighted by atomic mass is 10.2. The Labute approximate surface area is 130 Å². The fourth-order valence-corrected chi connectivity index (χ4v) is 2.69. The fourth-order valence-electron chi connectivity index (χ4n) is 1.75. The van der Waals surface area contributed by atoms with Gasteiger partial charge in [0.1, 0.15) is 6.33 Å². The maximum Gasteiger partial charge on any atom is 0.226 e. The van der Waals surface area contributed by atoms with E-state index in [1.54, 1.807) is 13.3 Å². The van der Waals surface area contributed by atoms with Crippen molar-refractivity contribution in [1.82, 2.24) is 25.0 Å². The number of halogens is 1. The molecule has 0 N–H and O–H groups in total. The molecule has 0 aliphatic rings. The minimum Gasteiger partial charge on any atom is -0.425 e. The fraction of sp³-hybridized carbons (Fsp3) is 0.231. The van der Waals surface area contributed by atoms with Crippen molar-refractivity contribution in [3.05, 3.63) is 46.9 Å². The van der Waals surface area contributed by atoms with Gasteiger partial charge in [0.25, 0.3) is 0 Å². The van der Waals surface area contributed by atoms with Crippen molar-refractivity contribution >= 4 is 23.4 Å². The van der Waals surface area contributed by atoms with Gasteiger partial charge in [-0.2, -0.15) is 0 Å². The third-order valence-corrected chi connectivity index (χ3v) is 4.18. The highest BCUT2D eigenvalue weighted by molar-refractivity contribution is 7.98. The van der Waals surface area contributed by atoms with E-state index in [0.29, 0.717) is 22.6 Å². The Kier molecular flexibility index (Phi) is 3.94. The minimum absolute atomic E-state index is 0.541. The van der Waals surface area contributed by atoms with Crippen LogP contribution in [0.1, 0.15) is 17.3 Å². The monoisotopic (exact) mass is 321 g/mol. The van der Waals surface area contributed by atoms with Crippen LogP contribution >= 0.6 is 23.4 Å². The molecule has 6 nitrogen and oxygen atoms in total. The first-order valence-corrected chi connectivity index (χ1v) is 7.58. The summed E-state index contributed by atoms with van der Waals surface area (Å²) >= 11 is 7.64. The first kappa shape index (κ1) is 14.1. The number of aromatic nitrogens is 5. The number of benzene rings is 1.